The van der Waals surface area contributed by atoms with Crippen molar-refractivity contribution in [2.45, 2.75) is 233 Å². The zero-order valence-corrected chi connectivity index (χ0v) is 35.0. The summed E-state index contributed by atoms with van der Waals surface area (Å²) in [6, 6.07) is 0. The molecule has 0 bridgehead atoms. The van der Waals surface area contributed by atoms with E-state index in [4.69, 9.17) is 9.47 Å². The first-order chi connectivity index (χ1) is 25.7. The number of rotatable bonds is 37. The average Bonchev–Trinajstić information content (AvgIpc) is 3.56. The van der Waals surface area contributed by atoms with Gasteiger partial charge in [-0.05, 0) is 71.1 Å². The van der Waals surface area contributed by atoms with Crippen LogP contribution in [0.1, 0.15) is 200 Å². The minimum Gasteiger partial charge on any atom is -0.462 e. The summed E-state index contributed by atoms with van der Waals surface area (Å²) in [4.78, 5) is 31.4. The molecule has 4 atom stereocenters. The number of imidazole rings is 1. The van der Waals surface area contributed by atoms with Gasteiger partial charge < -0.3 is 24.3 Å². The quantitative estimate of drug-likeness (QED) is 0.0511. The van der Waals surface area contributed by atoms with Crippen molar-refractivity contribution in [2.24, 2.45) is 0 Å². The third kappa shape index (κ3) is 27.3. The van der Waals surface area contributed by atoms with Gasteiger partial charge in [0.25, 0.3) is 0 Å². The summed E-state index contributed by atoms with van der Waals surface area (Å²) in [6.07, 6.45) is 28.6. The second-order valence-electron chi connectivity index (χ2n) is 15.6. The van der Waals surface area contributed by atoms with Crippen molar-refractivity contribution in [3.63, 3.8) is 0 Å². The fourth-order valence-corrected chi connectivity index (χ4v) is 7.06. The predicted octanol–water partition coefficient (Wildman–Crippen LogP) is 10.3. The molecular formula is C44H83N3O6. The van der Waals surface area contributed by atoms with Crippen LogP contribution in [0, 0.1) is 6.92 Å². The Morgan fingerprint density at radius 3 is 1.47 bits per heavy atom. The van der Waals surface area contributed by atoms with E-state index in [1.165, 1.54) is 64.2 Å². The van der Waals surface area contributed by atoms with Crippen molar-refractivity contribution in [1.82, 2.24) is 14.5 Å². The van der Waals surface area contributed by atoms with E-state index in [1.807, 2.05) is 13.1 Å². The molecule has 0 saturated heterocycles. The minimum absolute atomic E-state index is 0.0322. The lowest BCUT2D eigenvalue weighted by atomic mass is 10.1. The van der Waals surface area contributed by atoms with Gasteiger partial charge in [-0.15, -0.1) is 0 Å². The molecule has 9 heteroatoms. The van der Waals surface area contributed by atoms with Crippen molar-refractivity contribution in [3.05, 3.63) is 18.2 Å². The van der Waals surface area contributed by atoms with E-state index in [1.54, 1.807) is 6.20 Å². The third-order valence-electron chi connectivity index (χ3n) is 10.6. The van der Waals surface area contributed by atoms with Crippen LogP contribution in [-0.4, -0.2) is 80.7 Å². The number of hydrogen-bond donors (Lipinski definition) is 2. The van der Waals surface area contributed by atoms with Crippen molar-refractivity contribution >= 4 is 11.9 Å². The normalized spacial score (nSPS) is 14.0. The second-order valence-corrected chi connectivity index (χ2v) is 15.6. The lowest BCUT2D eigenvalue weighted by Crippen LogP contribution is -2.40. The number of aliphatic hydroxyl groups is 2. The predicted molar refractivity (Wildman–Crippen MR) is 218 cm³/mol. The maximum atomic E-state index is 12.5. The maximum absolute atomic E-state index is 12.5. The van der Waals surface area contributed by atoms with Gasteiger partial charge in [-0.25, -0.2) is 4.98 Å². The highest BCUT2D eigenvalue weighted by molar-refractivity contribution is 5.69. The van der Waals surface area contributed by atoms with Crippen LogP contribution in [-0.2, 0) is 25.6 Å². The maximum Gasteiger partial charge on any atom is 0.306 e. The lowest BCUT2D eigenvalue weighted by Gasteiger charge is -2.27. The molecule has 0 saturated carbocycles. The zero-order valence-electron chi connectivity index (χ0n) is 35.0. The standard InChI is InChI=1S/C44H83N3O6/c1-6-10-12-14-16-22-28-41(8-3)52-43(50)30-24-18-20-26-39(48)36-46(34-35-47-33-32-45-38(47)5)37-40(49)27-21-19-25-31-44(51)53-42(9-4)29-23-17-15-13-11-7-2/h32-33,39-42,48-49H,6-31,34-37H2,1-5H3. The molecule has 0 fully saturated rings. The summed E-state index contributed by atoms with van der Waals surface area (Å²) < 4.78 is 13.6. The van der Waals surface area contributed by atoms with E-state index in [2.05, 4.69) is 42.1 Å². The summed E-state index contributed by atoms with van der Waals surface area (Å²) in [6.45, 7) is 13.1. The first-order valence-electron chi connectivity index (χ1n) is 22.2. The number of carbonyl (C=O) groups excluding carboxylic acids is 2. The number of nitrogens with zero attached hydrogens (tertiary/aromatic N) is 3. The molecule has 1 aromatic heterocycles. The van der Waals surface area contributed by atoms with Crippen LogP contribution in [0.3, 0.4) is 0 Å². The van der Waals surface area contributed by atoms with Crippen molar-refractivity contribution in [3.8, 4) is 0 Å². The number of carbonyl (C=O) groups is 2. The third-order valence-corrected chi connectivity index (χ3v) is 10.6. The van der Waals surface area contributed by atoms with Gasteiger partial charge in [-0.2, -0.15) is 0 Å². The minimum atomic E-state index is -0.501. The molecular weight excluding hydrogens is 666 g/mol. The fraction of sp³-hybridized carbons (Fsp3) is 0.886. The van der Waals surface area contributed by atoms with Gasteiger partial charge in [0.15, 0.2) is 0 Å². The van der Waals surface area contributed by atoms with E-state index in [0.29, 0.717) is 45.3 Å². The van der Waals surface area contributed by atoms with E-state index in [0.717, 1.165) is 89.4 Å². The molecule has 2 N–H and O–H groups in total. The summed E-state index contributed by atoms with van der Waals surface area (Å²) >= 11 is 0. The molecule has 53 heavy (non-hydrogen) atoms. The van der Waals surface area contributed by atoms with E-state index >= 15 is 0 Å². The number of hydrogen-bond acceptors (Lipinski definition) is 8. The van der Waals surface area contributed by atoms with Crippen LogP contribution in [0.2, 0.25) is 0 Å². The largest absolute Gasteiger partial charge is 0.462 e. The van der Waals surface area contributed by atoms with E-state index in [9.17, 15) is 19.8 Å². The highest BCUT2D eigenvalue weighted by Gasteiger charge is 2.18. The SMILES string of the molecule is CCCCCCCCC(CC)OC(=O)CCCCCC(O)CN(CCn1ccnc1C)CC(O)CCCCCC(=O)OC(CC)CCCCCCCC. The van der Waals surface area contributed by atoms with Crippen LogP contribution in [0.25, 0.3) is 0 Å². The Labute approximate surface area is 325 Å². The van der Waals surface area contributed by atoms with Gasteiger partial charge in [-0.3, -0.25) is 14.5 Å². The van der Waals surface area contributed by atoms with Crippen LogP contribution in [0.15, 0.2) is 12.4 Å². The lowest BCUT2D eigenvalue weighted by molar-refractivity contribution is -0.150. The molecule has 0 aliphatic heterocycles. The molecule has 1 heterocycles. The van der Waals surface area contributed by atoms with Gasteiger partial charge in [0, 0.05) is 51.4 Å². The van der Waals surface area contributed by atoms with E-state index < -0.39 is 12.2 Å². The average molecular weight is 750 g/mol. The van der Waals surface area contributed by atoms with Gasteiger partial charge in [0.1, 0.15) is 18.0 Å². The molecule has 0 aromatic carbocycles. The fourth-order valence-electron chi connectivity index (χ4n) is 7.06. The van der Waals surface area contributed by atoms with Crippen molar-refractivity contribution in [1.29, 1.82) is 0 Å². The number of ether oxygens (including phenoxy) is 2. The highest BCUT2D eigenvalue weighted by atomic mass is 16.5. The van der Waals surface area contributed by atoms with Crippen LogP contribution in [0.4, 0.5) is 0 Å². The molecule has 0 amide bonds. The number of esters is 2. The molecule has 0 radical (unpaired) electrons. The second kappa shape index (κ2) is 33.4. The number of aliphatic hydroxyl groups excluding tert-OH is 2. The Bertz CT molecular complexity index is 948. The van der Waals surface area contributed by atoms with Gasteiger partial charge in [-0.1, -0.05) is 118 Å². The Hall–Kier alpha value is -1.97. The topological polar surface area (TPSA) is 114 Å². The molecule has 1 rings (SSSR count). The first-order valence-corrected chi connectivity index (χ1v) is 22.2. The molecule has 9 nitrogen and oxygen atoms in total. The summed E-state index contributed by atoms with van der Waals surface area (Å²) in [7, 11) is 0. The molecule has 1 aromatic rings. The molecule has 0 spiro atoms. The Morgan fingerprint density at radius 2 is 1.06 bits per heavy atom. The van der Waals surface area contributed by atoms with Gasteiger partial charge in [0.05, 0.1) is 12.2 Å². The molecule has 0 aliphatic rings. The van der Waals surface area contributed by atoms with Crippen LogP contribution >= 0.6 is 0 Å². The van der Waals surface area contributed by atoms with E-state index in [-0.39, 0.29) is 24.1 Å². The highest BCUT2D eigenvalue weighted by Crippen LogP contribution is 2.17. The number of unbranched alkanes of at least 4 members (excludes halogenated alkanes) is 14. The van der Waals surface area contributed by atoms with Crippen LogP contribution in [0.5, 0.6) is 0 Å². The Balaban J connectivity index is 2.36. The van der Waals surface area contributed by atoms with Gasteiger partial charge in [0.2, 0.25) is 0 Å². The molecule has 0 aliphatic carbocycles. The van der Waals surface area contributed by atoms with Gasteiger partial charge >= 0.3 is 11.9 Å². The number of aromatic nitrogens is 2. The first kappa shape index (κ1) is 49.0. The monoisotopic (exact) mass is 750 g/mol. The van der Waals surface area contributed by atoms with Crippen molar-refractivity contribution < 1.29 is 29.3 Å². The van der Waals surface area contributed by atoms with Crippen molar-refractivity contribution in [2.75, 3.05) is 19.6 Å². The molecule has 4 unspecified atom stereocenters. The molecule has 310 valence electrons. The Kier molecular flexibility index (Phi) is 30.9. The summed E-state index contributed by atoms with van der Waals surface area (Å²) in [5.41, 5.74) is 0. The number of aryl methyl sites for hydroxylation is 1. The Morgan fingerprint density at radius 1 is 0.642 bits per heavy atom. The van der Waals surface area contributed by atoms with Crippen LogP contribution < -0.4 is 0 Å². The zero-order chi connectivity index (χ0) is 38.9. The summed E-state index contributed by atoms with van der Waals surface area (Å²) in [5, 5.41) is 21.9. The summed E-state index contributed by atoms with van der Waals surface area (Å²) in [5.74, 6) is 0.757. The smallest absolute Gasteiger partial charge is 0.306 e.